The molecule has 0 aliphatic rings. The highest BCUT2D eigenvalue weighted by molar-refractivity contribution is 9.10. The second-order valence-electron chi connectivity index (χ2n) is 4.96. The van der Waals surface area contributed by atoms with Gasteiger partial charge < -0.3 is 10.4 Å². The molecule has 1 atom stereocenters. The van der Waals surface area contributed by atoms with Crippen LogP contribution in [0.5, 0.6) is 0 Å². The molecule has 22 heavy (non-hydrogen) atoms. The van der Waals surface area contributed by atoms with Crippen molar-refractivity contribution in [1.82, 2.24) is 15.1 Å². The Labute approximate surface area is 136 Å². The fraction of sp³-hybridized carbons (Fsp3) is 0.267. The molecule has 7 heteroatoms. The summed E-state index contributed by atoms with van der Waals surface area (Å²) < 4.78 is 2.58. The molecule has 0 aliphatic carbocycles. The van der Waals surface area contributed by atoms with E-state index in [0.29, 0.717) is 12.0 Å². The van der Waals surface area contributed by atoms with Gasteiger partial charge in [0.15, 0.2) is 0 Å². The zero-order chi connectivity index (χ0) is 16.1. The number of hydrogen-bond donors (Lipinski definition) is 2. The number of rotatable bonds is 6. The second-order valence-corrected chi connectivity index (χ2v) is 5.87. The van der Waals surface area contributed by atoms with Crippen molar-refractivity contribution in [1.29, 1.82) is 0 Å². The lowest BCUT2D eigenvalue weighted by Gasteiger charge is -2.11. The lowest BCUT2D eigenvalue weighted by atomic mass is 10.2. The van der Waals surface area contributed by atoms with E-state index < -0.39 is 5.97 Å². The number of benzene rings is 1. The summed E-state index contributed by atoms with van der Waals surface area (Å²) in [6.45, 7) is 1.78. The summed E-state index contributed by atoms with van der Waals surface area (Å²) >= 11 is 3.36. The van der Waals surface area contributed by atoms with E-state index in [-0.39, 0.29) is 18.4 Å². The average Bonchev–Trinajstić information content (AvgIpc) is 2.96. The maximum Gasteiger partial charge on any atom is 0.303 e. The Morgan fingerprint density at radius 2 is 2.05 bits per heavy atom. The summed E-state index contributed by atoms with van der Waals surface area (Å²) in [4.78, 5) is 22.6. The van der Waals surface area contributed by atoms with E-state index in [1.165, 1.54) is 6.20 Å². The van der Waals surface area contributed by atoms with E-state index in [4.69, 9.17) is 5.11 Å². The lowest BCUT2D eigenvalue weighted by molar-refractivity contribution is -0.137. The number of halogens is 1. The molecule has 1 amide bonds. The van der Waals surface area contributed by atoms with Gasteiger partial charge in [-0.05, 0) is 37.6 Å². The highest BCUT2D eigenvalue weighted by atomic mass is 79.9. The first-order valence-electron chi connectivity index (χ1n) is 6.79. The van der Waals surface area contributed by atoms with Gasteiger partial charge in [-0.1, -0.05) is 15.9 Å². The minimum Gasteiger partial charge on any atom is -0.481 e. The molecule has 116 valence electrons. The average molecular weight is 366 g/mol. The molecular weight excluding hydrogens is 350 g/mol. The molecule has 1 heterocycles. The van der Waals surface area contributed by atoms with E-state index in [9.17, 15) is 9.59 Å². The number of nitrogens with zero attached hydrogens (tertiary/aromatic N) is 2. The Morgan fingerprint density at radius 3 is 2.68 bits per heavy atom. The van der Waals surface area contributed by atoms with E-state index in [2.05, 4.69) is 26.3 Å². The van der Waals surface area contributed by atoms with Crippen LogP contribution in [0.25, 0.3) is 5.69 Å². The third kappa shape index (κ3) is 4.42. The number of carbonyl (C=O) groups excluding carboxylic acids is 1. The Balaban J connectivity index is 2.00. The van der Waals surface area contributed by atoms with Crippen LogP contribution >= 0.6 is 15.9 Å². The molecule has 2 aromatic rings. The molecule has 1 aromatic carbocycles. The van der Waals surface area contributed by atoms with Gasteiger partial charge in [-0.3, -0.25) is 9.59 Å². The van der Waals surface area contributed by atoms with Gasteiger partial charge in [0.2, 0.25) is 0 Å². The van der Waals surface area contributed by atoms with Gasteiger partial charge in [0.05, 0.1) is 17.4 Å². The van der Waals surface area contributed by atoms with Crippen molar-refractivity contribution in [2.45, 2.75) is 25.8 Å². The van der Waals surface area contributed by atoms with E-state index in [1.807, 2.05) is 24.3 Å². The van der Waals surface area contributed by atoms with Crippen LogP contribution in [0.2, 0.25) is 0 Å². The van der Waals surface area contributed by atoms with Crippen LogP contribution in [0.1, 0.15) is 30.1 Å². The molecule has 0 spiro atoms. The van der Waals surface area contributed by atoms with E-state index in [0.717, 1.165) is 10.2 Å². The van der Waals surface area contributed by atoms with Crippen molar-refractivity contribution >= 4 is 27.8 Å². The van der Waals surface area contributed by atoms with Gasteiger partial charge in [0.25, 0.3) is 5.91 Å². The highest BCUT2D eigenvalue weighted by Gasteiger charge is 2.13. The Bertz CT molecular complexity index is 667. The van der Waals surface area contributed by atoms with Crippen LogP contribution in [0.4, 0.5) is 0 Å². The molecule has 1 unspecified atom stereocenters. The van der Waals surface area contributed by atoms with Crippen LogP contribution in [-0.2, 0) is 4.79 Å². The monoisotopic (exact) mass is 365 g/mol. The van der Waals surface area contributed by atoms with Gasteiger partial charge in [0.1, 0.15) is 0 Å². The number of carboxylic acids is 1. The second kappa shape index (κ2) is 7.22. The van der Waals surface area contributed by atoms with Crippen molar-refractivity contribution in [2.75, 3.05) is 0 Å². The smallest absolute Gasteiger partial charge is 0.303 e. The van der Waals surface area contributed by atoms with Gasteiger partial charge >= 0.3 is 5.97 Å². The maximum atomic E-state index is 12.1. The van der Waals surface area contributed by atoms with Gasteiger partial charge in [0, 0.05) is 23.1 Å². The van der Waals surface area contributed by atoms with Crippen molar-refractivity contribution in [3.8, 4) is 5.69 Å². The lowest BCUT2D eigenvalue weighted by Crippen LogP contribution is -2.32. The first-order chi connectivity index (χ1) is 10.5. The number of nitrogens with one attached hydrogen (secondary N) is 1. The highest BCUT2D eigenvalue weighted by Crippen LogP contribution is 2.14. The molecule has 0 aliphatic heterocycles. The molecule has 1 aromatic heterocycles. The summed E-state index contributed by atoms with van der Waals surface area (Å²) in [7, 11) is 0. The summed E-state index contributed by atoms with van der Waals surface area (Å²) in [6.07, 6.45) is 3.55. The van der Waals surface area contributed by atoms with Crippen LogP contribution in [0.3, 0.4) is 0 Å². The minimum atomic E-state index is -0.871. The van der Waals surface area contributed by atoms with Gasteiger partial charge in [-0.25, -0.2) is 4.68 Å². The summed E-state index contributed by atoms with van der Waals surface area (Å²) in [5.41, 5.74) is 1.28. The molecular formula is C15H16BrN3O3. The van der Waals surface area contributed by atoms with Gasteiger partial charge in [-0.2, -0.15) is 5.10 Å². The van der Waals surface area contributed by atoms with E-state index in [1.54, 1.807) is 17.8 Å². The summed E-state index contributed by atoms with van der Waals surface area (Å²) in [5.74, 6) is -1.13. The summed E-state index contributed by atoms with van der Waals surface area (Å²) in [5, 5.41) is 15.6. The van der Waals surface area contributed by atoms with E-state index >= 15 is 0 Å². The number of carbonyl (C=O) groups is 2. The van der Waals surface area contributed by atoms with Crippen molar-refractivity contribution in [3.63, 3.8) is 0 Å². The predicted molar refractivity (Wildman–Crippen MR) is 85.1 cm³/mol. The SMILES string of the molecule is CC(CCC(=O)O)NC(=O)c1cnn(-c2ccc(Br)cc2)c1. The zero-order valence-electron chi connectivity index (χ0n) is 12.0. The Kier molecular flexibility index (Phi) is 5.32. The van der Waals surface area contributed by atoms with Gasteiger partial charge in [-0.15, -0.1) is 0 Å². The number of amides is 1. The number of aliphatic carboxylic acids is 1. The summed E-state index contributed by atoms with van der Waals surface area (Å²) in [6, 6.07) is 7.34. The molecule has 0 saturated heterocycles. The zero-order valence-corrected chi connectivity index (χ0v) is 13.6. The largest absolute Gasteiger partial charge is 0.481 e. The predicted octanol–water partition coefficient (Wildman–Crippen LogP) is 2.62. The molecule has 0 radical (unpaired) electrons. The molecule has 0 bridgehead atoms. The van der Waals surface area contributed by atoms with Crippen LogP contribution < -0.4 is 5.32 Å². The molecule has 2 rings (SSSR count). The third-order valence-electron chi connectivity index (χ3n) is 3.10. The van der Waals surface area contributed by atoms with Crippen LogP contribution in [0, 0.1) is 0 Å². The van der Waals surface area contributed by atoms with Crippen molar-refractivity contribution in [2.24, 2.45) is 0 Å². The maximum absolute atomic E-state index is 12.1. The fourth-order valence-corrected chi connectivity index (χ4v) is 2.16. The molecule has 6 nitrogen and oxygen atoms in total. The third-order valence-corrected chi connectivity index (χ3v) is 3.63. The molecule has 0 fully saturated rings. The molecule has 0 saturated carbocycles. The number of carboxylic acid groups (broad SMARTS) is 1. The van der Waals surface area contributed by atoms with Crippen molar-refractivity contribution < 1.29 is 14.7 Å². The minimum absolute atomic E-state index is 0.0274. The number of aromatic nitrogens is 2. The normalized spacial score (nSPS) is 11.9. The number of hydrogen-bond acceptors (Lipinski definition) is 3. The first kappa shape index (κ1) is 16.2. The van der Waals surface area contributed by atoms with Crippen molar-refractivity contribution in [3.05, 3.63) is 46.7 Å². The van der Waals surface area contributed by atoms with Crippen LogP contribution in [-0.4, -0.2) is 32.8 Å². The quantitative estimate of drug-likeness (QED) is 0.823. The van der Waals surface area contributed by atoms with Crippen LogP contribution in [0.15, 0.2) is 41.1 Å². The Hall–Kier alpha value is -2.15. The topological polar surface area (TPSA) is 84.2 Å². The Morgan fingerprint density at radius 1 is 1.36 bits per heavy atom. The fourth-order valence-electron chi connectivity index (χ4n) is 1.89. The standard InChI is InChI=1S/C15H16BrN3O3/c1-10(2-7-14(20)21)18-15(22)11-8-17-19(9-11)13-5-3-12(16)4-6-13/h3-6,8-10H,2,7H2,1H3,(H,18,22)(H,20,21). The molecule has 2 N–H and O–H groups in total. The first-order valence-corrected chi connectivity index (χ1v) is 7.58.